The van der Waals surface area contributed by atoms with Gasteiger partial charge in [0.15, 0.2) is 0 Å². The van der Waals surface area contributed by atoms with Gasteiger partial charge in [0.2, 0.25) is 0 Å². The van der Waals surface area contributed by atoms with Gasteiger partial charge in [0, 0.05) is 18.1 Å². The van der Waals surface area contributed by atoms with Crippen LogP contribution in [0.2, 0.25) is 0 Å². The number of nitrogens with zero attached hydrogens (tertiary/aromatic N) is 2. The maximum Gasteiger partial charge on any atom is 0.0426 e. The fourth-order valence-corrected chi connectivity index (χ4v) is 1.49. The fourth-order valence-electron chi connectivity index (χ4n) is 1.49. The highest BCUT2D eigenvalue weighted by Crippen LogP contribution is 2.20. The summed E-state index contributed by atoms with van der Waals surface area (Å²) in [5.74, 6) is 0.610. The van der Waals surface area contributed by atoms with Gasteiger partial charge in [-0.2, -0.15) is 5.10 Å². The van der Waals surface area contributed by atoms with Crippen molar-refractivity contribution in [2.45, 2.75) is 32.6 Å². The second-order valence-corrected chi connectivity index (χ2v) is 3.60. The number of rotatable bonds is 1. The van der Waals surface area contributed by atoms with Crippen molar-refractivity contribution in [3.05, 3.63) is 23.5 Å². The summed E-state index contributed by atoms with van der Waals surface area (Å²) in [6.07, 6.45) is 6.34. The molecule has 2 heteroatoms. The Morgan fingerprint density at radius 2 is 2.33 bits per heavy atom. The Bertz CT molecular complexity index is 308. The lowest BCUT2D eigenvalue weighted by atomic mass is 10.1. The average Bonchev–Trinajstić information content (AvgIpc) is 2.46. The Kier molecular flexibility index (Phi) is 1.75. The standard InChI is InChI=1S/C10H14N2/c1-8(2)9-6-10-4-3-5-11-12(10)7-9/h5-8H,3-4H2,1-2H3. The van der Waals surface area contributed by atoms with Crippen LogP contribution in [0.1, 0.15) is 37.4 Å². The zero-order valence-corrected chi connectivity index (χ0v) is 7.62. The van der Waals surface area contributed by atoms with E-state index >= 15 is 0 Å². The Morgan fingerprint density at radius 3 is 3.00 bits per heavy atom. The van der Waals surface area contributed by atoms with E-state index in [0.29, 0.717) is 5.92 Å². The van der Waals surface area contributed by atoms with Crippen molar-refractivity contribution in [1.29, 1.82) is 0 Å². The van der Waals surface area contributed by atoms with Crippen molar-refractivity contribution >= 4 is 6.21 Å². The maximum atomic E-state index is 4.29. The highest BCUT2D eigenvalue weighted by Gasteiger charge is 2.09. The molecule has 0 bridgehead atoms. The van der Waals surface area contributed by atoms with E-state index in [0.717, 1.165) is 12.8 Å². The molecule has 1 aliphatic rings. The molecule has 0 radical (unpaired) electrons. The molecule has 2 heterocycles. The van der Waals surface area contributed by atoms with Crippen LogP contribution in [0.5, 0.6) is 0 Å². The molecule has 2 rings (SSSR count). The quantitative estimate of drug-likeness (QED) is 0.603. The molecule has 0 fully saturated rings. The van der Waals surface area contributed by atoms with E-state index in [-0.39, 0.29) is 0 Å². The molecule has 1 aromatic heterocycles. The van der Waals surface area contributed by atoms with Gasteiger partial charge in [0.25, 0.3) is 0 Å². The predicted octanol–water partition coefficient (Wildman–Crippen LogP) is 2.39. The minimum absolute atomic E-state index is 0.610. The summed E-state index contributed by atoms with van der Waals surface area (Å²) in [7, 11) is 0. The summed E-state index contributed by atoms with van der Waals surface area (Å²) in [4.78, 5) is 0. The molecule has 64 valence electrons. The molecule has 0 amide bonds. The summed E-state index contributed by atoms with van der Waals surface area (Å²) in [5.41, 5.74) is 2.74. The lowest BCUT2D eigenvalue weighted by molar-refractivity contribution is 0.762. The zero-order valence-electron chi connectivity index (χ0n) is 7.62. The SMILES string of the molecule is CC(C)c1cc2n(c1)N=CCC2. The minimum Gasteiger partial charge on any atom is -0.245 e. The predicted molar refractivity (Wildman–Crippen MR) is 50.7 cm³/mol. The number of aromatic nitrogens is 1. The molecule has 0 aromatic carbocycles. The molecule has 0 aliphatic carbocycles. The van der Waals surface area contributed by atoms with E-state index in [1.54, 1.807) is 0 Å². The molecule has 0 spiro atoms. The lowest BCUT2D eigenvalue weighted by Crippen LogP contribution is -2.01. The van der Waals surface area contributed by atoms with Crippen molar-refractivity contribution in [1.82, 2.24) is 4.68 Å². The molecule has 0 N–H and O–H groups in total. The van der Waals surface area contributed by atoms with Crippen molar-refractivity contribution in [3.63, 3.8) is 0 Å². The molecule has 1 aromatic rings. The van der Waals surface area contributed by atoms with Crippen molar-refractivity contribution in [2.75, 3.05) is 0 Å². The summed E-state index contributed by atoms with van der Waals surface area (Å²) >= 11 is 0. The van der Waals surface area contributed by atoms with Crippen LogP contribution in [-0.2, 0) is 6.42 Å². The van der Waals surface area contributed by atoms with E-state index in [2.05, 4.69) is 31.2 Å². The van der Waals surface area contributed by atoms with E-state index < -0.39 is 0 Å². The summed E-state index contributed by atoms with van der Waals surface area (Å²) in [6, 6.07) is 2.27. The molecular formula is C10H14N2. The third-order valence-corrected chi connectivity index (χ3v) is 2.30. The highest BCUT2D eigenvalue weighted by atomic mass is 15.3. The van der Waals surface area contributed by atoms with Gasteiger partial charge in [-0.1, -0.05) is 13.8 Å². The van der Waals surface area contributed by atoms with Crippen LogP contribution in [-0.4, -0.2) is 10.9 Å². The van der Waals surface area contributed by atoms with E-state index in [4.69, 9.17) is 0 Å². The summed E-state index contributed by atoms with van der Waals surface area (Å²) in [5, 5.41) is 4.29. The van der Waals surface area contributed by atoms with Gasteiger partial charge < -0.3 is 0 Å². The fraction of sp³-hybridized carbons (Fsp3) is 0.500. The van der Waals surface area contributed by atoms with Crippen molar-refractivity contribution in [3.8, 4) is 0 Å². The molecule has 0 saturated heterocycles. The lowest BCUT2D eigenvalue weighted by Gasteiger charge is -2.05. The number of fused-ring (bicyclic) bond motifs is 1. The van der Waals surface area contributed by atoms with E-state index in [1.807, 2.05) is 10.9 Å². The Balaban J connectivity index is 2.39. The second-order valence-electron chi connectivity index (χ2n) is 3.60. The first-order chi connectivity index (χ1) is 5.77. The summed E-state index contributed by atoms with van der Waals surface area (Å²) < 4.78 is 2.00. The van der Waals surface area contributed by atoms with Gasteiger partial charge in [-0.05, 0) is 30.4 Å². The number of aryl methyl sites for hydroxylation is 1. The van der Waals surface area contributed by atoms with Crippen LogP contribution in [0.4, 0.5) is 0 Å². The minimum atomic E-state index is 0.610. The van der Waals surface area contributed by atoms with Crippen molar-refractivity contribution in [2.24, 2.45) is 5.10 Å². The van der Waals surface area contributed by atoms with Gasteiger partial charge >= 0.3 is 0 Å². The van der Waals surface area contributed by atoms with Gasteiger partial charge in [0.1, 0.15) is 0 Å². The Hall–Kier alpha value is -1.05. The first-order valence-corrected chi connectivity index (χ1v) is 4.51. The first-order valence-electron chi connectivity index (χ1n) is 4.51. The van der Waals surface area contributed by atoms with Gasteiger partial charge in [-0.25, -0.2) is 4.68 Å². The number of hydrogen-bond donors (Lipinski definition) is 0. The molecular weight excluding hydrogens is 148 g/mol. The van der Waals surface area contributed by atoms with Crippen molar-refractivity contribution < 1.29 is 0 Å². The maximum absolute atomic E-state index is 4.29. The zero-order chi connectivity index (χ0) is 8.55. The van der Waals surface area contributed by atoms with Crippen LogP contribution in [0.3, 0.4) is 0 Å². The molecule has 0 unspecified atom stereocenters. The van der Waals surface area contributed by atoms with Crippen LogP contribution in [0, 0.1) is 0 Å². The largest absolute Gasteiger partial charge is 0.245 e. The second kappa shape index (κ2) is 2.77. The molecule has 2 nitrogen and oxygen atoms in total. The monoisotopic (exact) mass is 162 g/mol. The highest BCUT2D eigenvalue weighted by molar-refractivity contribution is 5.59. The van der Waals surface area contributed by atoms with Crippen LogP contribution >= 0.6 is 0 Å². The van der Waals surface area contributed by atoms with E-state index in [1.165, 1.54) is 11.3 Å². The average molecular weight is 162 g/mol. The molecule has 0 atom stereocenters. The third kappa shape index (κ3) is 1.17. The smallest absolute Gasteiger partial charge is 0.0426 e. The normalized spacial score (nSPS) is 15.2. The molecule has 1 aliphatic heterocycles. The van der Waals surface area contributed by atoms with Crippen LogP contribution < -0.4 is 0 Å². The topological polar surface area (TPSA) is 17.3 Å². The van der Waals surface area contributed by atoms with Gasteiger partial charge in [-0.15, -0.1) is 0 Å². The Labute approximate surface area is 72.9 Å². The van der Waals surface area contributed by atoms with Crippen LogP contribution in [0.15, 0.2) is 17.4 Å². The summed E-state index contributed by atoms with van der Waals surface area (Å²) in [6.45, 7) is 4.43. The molecule has 12 heavy (non-hydrogen) atoms. The third-order valence-electron chi connectivity index (χ3n) is 2.30. The van der Waals surface area contributed by atoms with Crippen LogP contribution in [0.25, 0.3) is 0 Å². The van der Waals surface area contributed by atoms with Gasteiger partial charge in [0.05, 0.1) is 0 Å². The van der Waals surface area contributed by atoms with Gasteiger partial charge in [-0.3, -0.25) is 0 Å². The Morgan fingerprint density at radius 1 is 1.50 bits per heavy atom. The number of hydrogen-bond acceptors (Lipinski definition) is 1. The first kappa shape index (κ1) is 7.59. The molecule has 0 saturated carbocycles. The van der Waals surface area contributed by atoms with E-state index in [9.17, 15) is 0 Å².